The van der Waals surface area contributed by atoms with E-state index >= 15 is 0 Å². The maximum atomic E-state index is 12.8. The summed E-state index contributed by atoms with van der Waals surface area (Å²) in [6.45, 7) is 6.61. The number of anilines is 1. The number of ether oxygens (including phenoxy) is 2. The SMILES string of the molecule is CCC(C(=O)c1ccc2c(c1)NCCO2)N1CCOCC1. The first kappa shape index (κ1) is 14.4. The molecule has 1 N–H and O–H groups in total. The second-order valence-corrected chi connectivity index (χ2v) is 5.42. The first-order valence-electron chi connectivity index (χ1n) is 7.66. The fraction of sp³-hybridized carbons (Fsp3) is 0.562. The van der Waals surface area contributed by atoms with E-state index in [9.17, 15) is 4.79 Å². The number of Topliss-reactive ketones (excluding diaryl/α,β-unsaturated/α-hetero) is 1. The Balaban J connectivity index is 1.79. The highest BCUT2D eigenvalue weighted by Gasteiger charge is 2.27. The highest BCUT2D eigenvalue weighted by molar-refractivity contribution is 6.01. The van der Waals surface area contributed by atoms with E-state index in [-0.39, 0.29) is 11.8 Å². The number of rotatable bonds is 4. The van der Waals surface area contributed by atoms with Crippen LogP contribution in [0.2, 0.25) is 0 Å². The maximum Gasteiger partial charge on any atom is 0.180 e. The number of carbonyl (C=O) groups excluding carboxylic acids is 1. The van der Waals surface area contributed by atoms with Crippen LogP contribution >= 0.6 is 0 Å². The van der Waals surface area contributed by atoms with E-state index in [0.29, 0.717) is 19.8 Å². The van der Waals surface area contributed by atoms with E-state index in [1.165, 1.54) is 0 Å². The van der Waals surface area contributed by atoms with E-state index in [2.05, 4.69) is 17.1 Å². The molecular weight excluding hydrogens is 268 g/mol. The number of nitrogens with zero attached hydrogens (tertiary/aromatic N) is 1. The van der Waals surface area contributed by atoms with Crippen LogP contribution in [0.3, 0.4) is 0 Å². The van der Waals surface area contributed by atoms with Crippen LogP contribution in [0.15, 0.2) is 18.2 Å². The molecule has 0 amide bonds. The monoisotopic (exact) mass is 290 g/mol. The Bertz CT molecular complexity index is 512. The molecule has 5 heteroatoms. The summed E-state index contributed by atoms with van der Waals surface area (Å²) in [6, 6.07) is 5.62. The van der Waals surface area contributed by atoms with Crippen LogP contribution in [0.4, 0.5) is 5.69 Å². The van der Waals surface area contributed by atoms with Gasteiger partial charge in [0.1, 0.15) is 12.4 Å². The van der Waals surface area contributed by atoms with Crippen molar-refractivity contribution in [1.29, 1.82) is 0 Å². The van der Waals surface area contributed by atoms with Crippen LogP contribution in [0, 0.1) is 0 Å². The van der Waals surface area contributed by atoms with E-state index in [1.807, 2.05) is 18.2 Å². The molecule has 1 atom stereocenters. The third-order valence-corrected chi connectivity index (χ3v) is 4.11. The minimum absolute atomic E-state index is 0.0588. The van der Waals surface area contributed by atoms with E-state index < -0.39 is 0 Å². The molecule has 3 rings (SSSR count). The maximum absolute atomic E-state index is 12.8. The molecule has 0 radical (unpaired) electrons. The van der Waals surface area contributed by atoms with Crippen LogP contribution < -0.4 is 10.1 Å². The highest BCUT2D eigenvalue weighted by atomic mass is 16.5. The van der Waals surface area contributed by atoms with Crippen molar-refractivity contribution in [2.75, 3.05) is 44.8 Å². The van der Waals surface area contributed by atoms with Crippen LogP contribution in [0.1, 0.15) is 23.7 Å². The smallest absolute Gasteiger partial charge is 0.180 e. The molecule has 1 aromatic rings. The predicted molar refractivity (Wildman–Crippen MR) is 81.2 cm³/mol. The summed E-state index contributed by atoms with van der Waals surface area (Å²) in [7, 11) is 0. The molecule has 21 heavy (non-hydrogen) atoms. The molecule has 1 aromatic carbocycles. The number of benzene rings is 1. The molecule has 0 aliphatic carbocycles. The van der Waals surface area contributed by atoms with Crippen molar-refractivity contribution in [3.8, 4) is 5.75 Å². The van der Waals surface area contributed by atoms with E-state index in [4.69, 9.17) is 9.47 Å². The second-order valence-electron chi connectivity index (χ2n) is 5.42. The van der Waals surface area contributed by atoms with Gasteiger partial charge in [0.05, 0.1) is 24.9 Å². The zero-order valence-electron chi connectivity index (χ0n) is 12.4. The first-order chi connectivity index (χ1) is 10.3. The molecule has 0 spiro atoms. The average Bonchev–Trinajstić information content (AvgIpc) is 2.56. The Labute approximate surface area is 125 Å². The summed E-state index contributed by atoms with van der Waals surface area (Å²) in [5, 5.41) is 3.28. The number of hydrogen-bond donors (Lipinski definition) is 1. The molecule has 0 bridgehead atoms. The van der Waals surface area contributed by atoms with Gasteiger partial charge in [-0.15, -0.1) is 0 Å². The summed E-state index contributed by atoms with van der Waals surface area (Å²) in [4.78, 5) is 15.0. The van der Waals surface area contributed by atoms with Crippen molar-refractivity contribution in [3.05, 3.63) is 23.8 Å². The Morgan fingerprint density at radius 1 is 1.33 bits per heavy atom. The van der Waals surface area contributed by atoms with Crippen molar-refractivity contribution in [1.82, 2.24) is 4.90 Å². The second kappa shape index (κ2) is 6.45. The number of morpholine rings is 1. The zero-order valence-corrected chi connectivity index (χ0v) is 12.4. The van der Waals surface area contributed by atoms with Gasteiger partial charge in [-0.25, -0.2) is 0 Å². The number of nitrogens with one attached hydrogen (secondary N) is 1. The van der Waals surface area contributed by atoms with Crippen molar-refractivity contribution < 1.29 is 14.3 Å². The molecule has 2 aliphatic heterocycles. The molecule has 0 aromatic heterocycles. The molecule has 1 fully saturated rings. The van der Waals surface area contributed by atoms with Crippen molar-refractivity contribution in [2.45, 2.75) is 19.4 Å². The number of hydrogen-bond acceptors (Lipinski definition) is 5. The normalized spacial score (nSPS) is 20.0. The number of ketones is 1. The van der Waals surface area contributed by atoms with Crippen LogP contribution in [0.5, 0.6) is 5.75 Å². The van der Waals surface area contributed by atoms with Crippen molar-refractivity contribution in [3.63, 3.8) is 0 Å². The Kier molecular flexibility index (Phi) is 4.41. The van der Waals surface area contributed by atoms with Gasteiger partial charge in [-0.1, -0.05) is 6.92 Å². The van der Waals surface area contributed by atoms with Crippen LogP contribution in [-0.4, -0.2) is 56.2 Å². The Hall–Kier alpha value is -1.59. The standard InChI is InChI=1S/C16H22N2O3/c1-2-14(18-6-9-20-10-7-18)16(19)12-3-4-15-13(11-12)17-5-8-21-15/h3-4,11,14,17H,2,5-10H2,1H3. The molecule has 114 valence electrons. The minimum Gasteiger partial charge on any atom is -0.490 e. The third-order valence-electron chi connectivity index (χ3n) is 4.11. The van der Waals surface area contributed by atoms with Gasteiger partial charge in [-0.3, -0.25) is 9.69 Å². The number of carbonyl (C=O) groups is 1. The molecule has 1 saturated heterocycles. The largest absolute Gasteiger partial charge is 0.490 e. The van der Waals surface area contributed by atoms with Crippen molar-refractivity contribution >= 4 is 11.5 Å². The van der Waals surface area contributed by atoms with E-state index in [1.54, 1.807) is 0 Å². The lowest BCUT2D eigenvalue weighted by Gasteiger charge is -2.33. The van der Waals surface area contributed by atoms with E-state index in [0.717, 1.165) is 43.1 Å². The van der Waals surface area contributed by atoms with Gasteiger partial charge in [0.25, 0.3) is 0 Å². The molecule has 0 saturated carbocycles. The summed E-state index contributed by atoms with van der Waals surface area (Å²) in [5.41, 5.74) is 1.68. The lowest BCUT2D eigenvalue weighted by atomic mass is 9.99. The average molecular weight is 290 g/mol. The lowest BCUT2D eigenvalue weighted by Crippen LogP contribution is -2.47. The van der Waals surface area contributed by atoms with Crippen LogP contribution in [0.25, 0.3) is 0 Å². The fourth-order valence-corrected chi connectivity index (χ4v) is 2.98. The van der Waals surface area contributed by atoms with Gasteiger partial charge < -0.3 is 14.8 Å². The fourth-order valence-electron chi connectivity index (χ4n) is 2.98. The van der Waals surface area contributed by atoms with Crippen LogP contribution in [-0.2, 0) is 4.74 Å². The van der Waals surface area contributed by atoms with Gasteiger partial charge in [0, 0.05) is 25.2 Å². The van der Waals surface area contributed by atoms with Crippen molar-refractivity contribution in [2.24, 2.45) is 0 Å². The third kappa shape index (κ3) is 3.04. The predicted octanol–water partition coefficient (Wildman–Crippen LogP) is 1.78. The van der Waals surface area contributed by atoms with Gasteiger partial charge in [0.2, 0.25) is 0 Å². The number of fused-ring (bicyclic) bond motifs is 1. The first-order valence-corrected chi connectivity index (χ1v) is 7.66. The Morgan fingerprint density at radius 3 is 2.90 bits per heavy atom. The molecule has 5 nitrogen and oxygen atoms in total. The van der Waals surface area contributed by atoms with Gasteiger partial charge in [-0.05, 0) is 24.6 Å². The summed E-state index contributed by atoms with van der Waals surface area (Å²) in [5.74, 6) is 1.02. The van der Waals surface area contributed by atoms with Gasteiger partial charge >= 0.3 is 0 Å². The van der Waals surface area contributed by atoms with Gasteiger partial charge in [0.15, 0.2) is 5.78 Å². The zero-order chi connectivity index (χ0) is 14.7. The molecule has 2 heterocycles. The lowest BCUT2D eigenvalue weighted by molar-refractivity contribution is 0.0170. The topological polar surface area (TPSA) is 50.8 Å². The molecule has 1 unspecified atom stereocenters. The summed E-state index contributed by atoms with van der Waals surface area (Å²) >= 11 is 0. The summed E-state index contributed by atoms with van der Waals surface area (Å²) in [6.07, 6.45) is 0.819. The summed E-state index contributed by atoms with van der Waals surface area (Å²) < 4.78 is 10.9. The molecular formula is C16H22N2O3. The quantitative estimate of drug-likeness (QED) is 0.857. The highest BCUT2D eigenvalue weighted by Crippen LogP contribution is 2.29. The Morgan fingerprint density at radius 2 is 2.14 bits per heavy atom. The molecule has 2 aliphatic rings. The minimum atomic E-state index is -0.0588. The van der Waals surface area contributed by atoms with Gasteiger partial charge in [-0.2, -0.15) is 0 Å².